The Balaban J connectivity index is 1.25. The zero-order valence-corrected chi connectivity index (χ0v) is 16.5. The van der Waals surface area contributed by atoms with Gasteiger partial charge in [-0.2, -0.15) is 4.98 Å². The van der Waals surface area contributed by atoms with E-state index in [0.29, 0.717) is 18.2 Å². The van der Waals surface area contributed by atoms with E-state index in [1.165, 1.54) is 0 Å². The number of anilines is 1. The molecule has 3 fully saturated rings. The average Bonchev–Trinajstić information content (AvgIpc) is 3.53. The number of morpholine rings is 1. The van der Waals surface area contributed by atoms with Gasteiger partial charge in [-0.1, -0.05) is 0 Å². The van der Waals surface area contributed by atoms with Crippen molar-refractivity contribution in [1.29, 1.82) is 0 Å². The van der Waals surface area contributed by atoms with Crippen molar-refractivity contribution in [3.05, 3.63) is 48.9 Å². The van der Waals surface area contributed by atoms with Crippen molar-refractivity contribution < 1.29 is 9.47 Å². The van der Waals surface area contributed by atoms with Crippen molar-refractivity contribution >= 4 is 16.7 Å². The molecule has 29 heavy (non-hydrogen) atoms. The molecule has 0 N–H and O–H groups in total. The quantitative estimate of drug-likeness (QED) is 0.675. The molecule has 2 bridgehead atoms. The van der Waals surface area contributed by atoms with Gasteiger partial charge in [-0.15, -0.1) is 0 Å². The van der Waals surface area contributed by atoms with Crippen LogP contribution in [0.4, 0.5) is 5.82 Å². The summed E-state index contributed by atoms with van der Waals surface area (Å²) in [6.07, 6.45) is 12.2. The lowest BCUT2D eigenvalue weighted by Crippen LogP contribution is -2.37. The fourth-order valence-electron chi connectivity index (χ4n) is 5.16. The molecule has 2 aliphatic heterocycles. The lowest BCUT2D eigenvalue weighted by Gasteiger charge is -2.31. The smallest absolute Gasteiger partial charge is 0.225 e. The van der Waals surface area contributed by atoms with Gasteiger partial charge in [0.1, 0.15) is 11.9 Å². The lowest BCUT2D eigenvalue weighted by atomic mass is 9.93. The summed E-state index contributed by atoms with van der Waals surface area (Å²) in [5.74, 6) is 1.71. The maximum absolute atomic E-state index is 6.50. The predicted octanol–water partition coefficient (Wildman–Crippen LogP) is 3.97. The van der Waals surface area contributed by atoms with Gasteiger partial charge in [-0.05, 0) is 56.4 Å². The van der Waals surface area contributed by atoms with Gasteiger partial charge >= 0.3 is 0 Å². The molecule has 6 nitrogen and oxygen atoms in total. The highest BCUT2D eigenvalue weighted by Gasteiger charge is 2.40. The Labute approximate surface area is 170 Å². The number of nitrogens with zero attached hydrogens (tertiary/aromatic N) is 4. The molecule has 3 aliphatic rings. The maximum atomic E-state index is 6.50. The molecule has 150 valence electrons. The number of hydrogen-bond acceptors (Lipinski definition) is 5. The minimum atomic E-state index is 0.214. The third-order valence-electron chi connectivity index (χ3n) is 6.72. The summed E-state index contributed by atoms with van der Waals surface area (Å²) in [5, 5.41) is 1.00. The molecular formula is C23H26N4O2. The molecule has 3 aromatic heterocycles. The van der Waals surface area contributed by atoms with Gasteiger partial charge in [0.2, 0.25) is 5.88 Å². The maximum Gasteiger partial charge on any atom is 0.225 e. The van der Waals surface area contributed by atoms with E-state index in [2.05, 4.69) is 51.1 Å². The predicted molar refractivity (Wildman–Crippen MR) is 111 cm³/mol. The van der Waals surface area contributed by atoms with Crippen LogP contribution in [0.1, 0.15) is 38.1 Å². The van der Waals surface area contributed by atoms with Gasteiger partial charge in [0.15, 0.2) is 0 Å². The van der Waals surface area contributed by atoms with Gasteiger partial charge in [-0.3, -0.25) is 4.98 Å². The Morgan fingerprint density at radius 1 is 1.03 bits per heavy atom. The third kappa shape index (κ3) is 3.15. The highest BCUT2D eigenvalue weighted by Crippen LogP contribution is 2.36. The third-order valence-corrected chi connectivity index (χ3v) is 6.72. The lowest BCUT2D eigenvalue weighted by molar-refractivity contribution is 0.0986. The van der Waals surface area contributed by atoms with Crippen LogP contribution in [-0.2, 0) is 4.74 Å². The first kappa shape index (κ1) is 17.3. The Kier molecular flexibility index (Phi) is 4.18. The number of aromatic nitrogens is 3. The first-order valence-corrected chi connectivity index (χ1v) is 10.8. The zero-order valence-electron chi connectivity index (χ0n) is 16.5. The minimum absolute atomic E-state index is 0.214. The second-order valence-electron chi connectivity index (χ2n) is 8.53. The largest absolute Gasteiger partial charge is 0.474 e. The summed E-state index contributed by atoms with van der Waals surface area (Å²) in [4.78, 5) is 11.9. The Hall–Kier alpha value is -2.60. The molecule has 5 heterocycles. The average molecular weight is 390 g/mol. The van der Waals surface area contributed by atoms with Gasteiger partial charge in [0, 0.05) is 37.2 Å². The van der Waals surface area contributed by atoms with Crippen LogP contribution in [-0.4, -0.2) is 45.9 Å². The van der Waals surface area contributed by atoms with Gasteiger partial charge in [0.05, 0.1) is 29.7 Å². The summed E-state index contributed by atoms with van der Waals surface area (Å²) < 4.78 is 14.6. The Bertz CT molecular complexity index is 997. The number of hydrogen-bond donors (Lipinski definition) is 0. The fourth-order valence-corrected chi connectivity index (χ4v) is 5.16. The summed E-state index contributed by atoms with van der Waals surface area (Å²) >= 11 is 0. The van der Waals surface area contributed by atoms with E-state index in [-0.39, 0.29) is 6.10 Å². The Morgan fingerprint density at radius 2 is 1.90 bits per heavy atom. The van der Waals surface area contributed by atoms with Crippen LogP contribution >= 0.6 is 0 Å². The zero-order chi connectivity index (χ0) is 19.2. The van der Waals surface area contributed by atoms with E-state index in [9.17, 15) is 0 Å². The SMILES string of the molecule is c1cnc2cc(N3CC4CC3CO4)nc(OC3CCC(n4cccc4)CC3)c2c1. The standard InChI is InChI=1S/C23H26N4O2/c1-2-11-26(10-1)16-5-7-18(8-6-16)29-23-20-4-3-9-24-21(20)13-22(25-23)27-14-19-12-17(27)15-28-19/h1-4,9-11,13,16-19H,5-8,12,14-15H2. The van der Waals surface area contributed by atoms with Crippen molar-refractivity contribution in [2.45, 2.75) is 56.4 Å². The van der Waals surface area contributed by atoms with E-state index in [1.54, 1.807) is 0 Å². The summed E-state index contributed by atoms with van der Waals surface area (Å²) in [6, 6.07) is 11.4. The van der Waals surface area contributed by atoms with Crippen LogP contribution < -0.4 is 9.64 Å². The van der Waals surface area contributed by atoms with Crippen molar-refractivity contribution in [2.75, 3.05) is 18.1 Å². The molecule has 0 spiro atoms. The summed E-state index contributed by atoms with van der Waals surface area (Å²) in [7, 11) is 0. The number of rotatable bonds is 4. The molecule has 0 amide bonds. The normalized spacial score (nSPS) is 28.9. The van der Waals surface area contributed by atoms with E-state index in [4.69, 9.17) is 14.5 Å². The molecule has 1 aliphatic carbocycles. The molecule has 2 atom stereocenters. The molecule has 0 radical (unpaired) electrons. The van der Waals surface area contributed by atoms with Crippen LogP contribution in [0.5, 0.6) is 5.88 Å². The molecule has 0 aromatic carbocycles. The molecule has 1 saturated carbocycles. The number of fused-ring (bicyclic) bond motifs is 3. The molecule has 6 heteroatoms. The molecule has 2 saturated heterocycles. The van der Waals surface area contributed by atoms with Crippen LogP contribution in [0.2, 0.25) is 0 Å². The highest BCUT2D eigenvalue weighted by molar-refractivity contribution is 5.85. The molecule has 6 rings (SSSR count). The topological polar surface area (TPSA) is 52.4 Å². The molecule has 3 aromatic rings. The van der Waals surface area contributed by atoms with Crippen molar-refractivity contribution in [3.63, 3.8) is 0 Å². The Morgan fingerprint density at radius 3 is 2.66 bits per heavy atom. The monoisotopic (exact) mass is 390 g/mol. The van der Waals surface area contributed by atoms with E-state index < -0.39 is 0 Å². The van der Waals surface area contributed by atoms with Crippen LogP contribution in [0, 0.1) is 0 Å². The minimum Gasteiger partial charge on any atom is -0.474 e. The summed E-state index contributed by atoms with van der Waals surface area (Å²) in [6.45, 7) is 1.71. The number of pyridine rings is 2. The summed E-state index contributed by atoms with van der Waals surface area (Å²) in [5.41, 5.74) is 0.956. The van der Waals surface area contributed by atoms with E-state index in [1.807, 2.05) is 12.3 Å². The second-order valence-corrected chi connectivity index (χ2v) is 8.53. The van der Waals surface area contributed by atoms with Crippen molar-refractivity contribution in [2.24, 2.45) is 0 Å². The van der Waals surface area contributed by atoms with Gasteiger partial charge in [0.25, 0.3) is 0 Å². The van der Waals surface area contributed by atoms with Crippen LogP contribution in [0.15, 0.2) is 48.9 Å². The van der Waals surface area contributed by atoms with Crippen LogP contribution in [0.3, 0.4) is 0 Å². The van der Waals surface area contributed by atoms with E-state index in [0.717, 1.165) is 67.9 Å². The van der Waals surface area contributed by atoms with Crippen LogP contribution in [0.25, 0.3) is 10.9 Å². The van der Waals surface area contributed by atoms with E-state index >= 15 is 0 Å². The highest BCUT2D eigenvalue weighted by atomic mass is 16.5. The molecular weight excluding hydrogens is 364 g/mol. The first-order valence-electron chi connectivity index (χ1n) is 10.8. The van der Waals surface area contributed by atoms with Crippen molar-refractivity contribution in [1.82, 2.24) is 14.5 Å². The van der Waals surface area contributed by atoms with Gasteiger partial charge < -0.3 is 18.9 Å². The number of ether oxygens (including phenoxy) is 2. The molecule has 2 unspecified atom stereocenters. The van der Waals surface area contributed by atoms with Gasteiger partial charge in [-0.25, -0.2) is 0 Å². The first-order chi connectivity index (χ1) is 14.3. The van der Waals surface area contributed by atoms with Crippen molar-refractivity contribution in [3.8, 4) is 5.88 Å². The fraction of sp³-hybridized carbons (Fsp3) is 0.478. The second kappa shape index (κ2) is 7.02.